The van der Waals surface area contributed by atoms with Crippen molar-refractivity contribution in [3.63, 3.8) is 0 Å². The minimum atomic E-state index is -0.232. The Bertz CT molecular complexity index is 624. The number of ether oxygens (including phenoxy) is 2. The maximum atomic E-state index is 11.9. The average Bonchev–Trinajstić information content (AvgIpc) is 2.53. The van der Waals surface area contributed by atoms with Crippen molar-refractivity contribution in [2.45, 2.75) is 13.0 Å². The van der Waals surface area contributed by atoms with E-state index >= 15 is 0 Å². The highest BCUT2D eigenvalue weighted by atomic mass is 16.5. The SMILES string of the molecule is COc1cccc(NC(=O)COc2ccc(C(C)N)cc2)c1. The van der Waals surface area contributed by atoms with Crippen molar-refractivity contribution in [3.8, 4) is 11.5 Å². The number of methoxy groups -OCH3 is 1. The molecule has 0 aliphatic rings. The Hall–Kier alpha value is -2.53. The topological polar surface area (TPSA) is 73.6 Å². The molecule has 0 fully saturated rings. The smallest absolute Gasteiger partial charge is 0.262 e. The molecule has 0 heterocycles. The second kappa shape index (κ2) is 7.47. The lowest BCUT2D eigenvalue weighted by molar-refractivity contribution is -0.118. The Balaban J connectivity index is 1.87. The predicted octanol–water partition coefficient (Wildman–Crippen LogP) is 2.73. The van der Waals surface area contributed by atoms with Crippen LogP contribution in [0.4, 0.5) is 5.69 Å². The molecule has 3 N–H and O–H groups in total. The van der Waals surface area contributed by atoms with Crippen LogP contribution in [0.15, 0.2) is 48.5 Å². The minimum absolute atomic E-state index is 0.0228. The molecule has 0 bridgehead atoms. The van der Waals surface area contributed by atoms with Crippen LogP contribution >= 0.6 is 0 Å². The fourth-order valence-corrected chi connectivity index (χ4v) is 1.91. The first kappa shape index (κ1) is 15.9. The Labute approximate surface area is 130 Å². The van der Waals surface area contributed by atoms with Gasteiger partial charge in [-0.15, -0.1) is 0 Å². The summed E-state index contributed by atoms with van der Waals surface area (Å²) in [5, 5.41) is 2.75. The number of hydrogen-bond acceptors (Lipinski definition) is 4. The molecule has 1 unspecified atom stereocenters. The van der Waals surface area contributed by atoms with Crippen molar-refractivity contribution >= 4 is 11.6 Å². The molecular formula is C17H20N2O3. The van der Waals surface area contributed by atoms with Crippen LogP contribution in [0.3, 0.4) is 0 Å². The van der Waals surface area contributed by atoms with E-state index in [0.29, 0.717) is 17.2 Å². The Morgan fingerprint density at radius 2 is 1.91 bits per heavy atom. The molecule has 0 spiro atoms. The quantitative estimate of drug-likeness (QED) is 0.860. The number of rotatable bonds is 6. The molecule has 2 rings (SSSR count). The molecule has 0 radical (unpaired) electrons. The van der Waals surface area contributed by atoms with E-state index in [-0.39, 0.29) is 18.6 Å². The summed E-state index contributed by atoms with van der Waals surface area (Å²) in [5.74, 6) is 1.08. The van der Waals surface area contributed by atoms with Crippen molar-refractivity contribution in [2.24, 2.45) is 5.73 Å². The molecule has 116 valence electrons. The van der Waals surface area contributed by atoms with Gasteiger partial charge in [0.05, 0.1) is 7.11 Å². The molecule has 0 aromatic heterocycles. The Kier molecular flexibility index (Phi) is 5.38. The highest BCUT2D eigenvalue weighted by Crippen LogP contribution is 2.18. The van der Waals surface area contributed by atoms with E-state index in [1.54, 1.807) is 31.4 Å². The number of nitrogens with one attached hydrogen (secondary N) is 1. The number of nitrogens with two attached hydrogens (primary N) is 1. The molecule has 1 amide bonds. The molecule has 5 nitrogen and oxygen atoms in total. The molecule has 2 aromatic rings. The zero-order valence-electron chi connectivity index (χ0n) is 12.7. The van der Waals surface area contributed by atoms with Gasteiger partial charge in [0.15, 0.2) is 6.61 Å². The predicted molar refractivity (Wildman–Crippen MR) is 86.2 cm³/mol. The van der Waals surface area contributed by atoms with Crippen LogP contribution in [0.1, 0.15) is 18.5 Å². The minimum Gasteiger partial charge on any atom is -0.497 e. The van der Waals surface area contributed by atoms with Crippen LogP contribution < -0.4 is 20.5 Å². The standard InChI is InChI=1S/C17H20N2O3/c1-12(18)13-6-8-15(9-7-13)22-11-17(20)19-14-4-3-5-16(10-14)21-2/h3-10,12H,11,18H2,1-2H3,(H,19,20). The fourth-order valence-electron chi connectivity index (χ4n) is 1.91. The van der Waals surface area contributed by atoms with Crippen molar-refractivity contribution in [2.75, 3.05) is 19.0 Å². The van der Waals surface area contributed by atoms with Crippen LogP contribution in [0, 0.1) is 0 Å². The van der Waals surface area contributed by atoms with E-state index < -0.39 is 0 Å². The summed E-state index contributed by atoms with van der Waals surface area (Å²) in [7, 11) is 1.58. The summed E-state index contributed by atoms with van der Waals surface area (Å²) in [4.78, 5) is 11.9. The molecule has 22 heavy (non-hydrogen) atoms. The first-order valence-corrected chi connectivity index (χ1v) is 7.00. The zero-order valence-corrected chi connectivity index (χ0v) is 12.7. The third-order valence-electron chi connectivity index (χ3n) is 3.13. The van der Waals surface area contributed by atoms with E-state index in [1.807, 2.05) is 31.2 Å². The monoisotopic (exact) mass is 300 g/mol. The molecule has 5 heteroatoms. The van der Waals surface area contributed by atoms with Gasteiger partial charge in [0.1, 0.15) is 11.5 Å². The van der Waals surface area contributed by atoms with E-state index in [1.165, 1.54) is 0 Å². The van der Waals surface area contributed by atoms with E-state index in [0.717, 1.165) is 5.56 Å². The number of amides is 1. The molecule has 0 aliphatic heterocycles. The van der Waals surface area contributed by atoms with Crippen molar-refractivity contribution in [1.82, 2.24) is 0 Å². The van der Waals surface area contributed by atoms with Crippen LogP contribution in [-0.2, 0) is 4.79 Å². The van der Waals surface area contributed by atoms with Gasteiger partial charge in [0, 0.05) is 17.8 Å². The summed E-state index contributed by atoms with van der Waals surface area (Å²) in [6.45, 7) is 1.85. The third-order valence-corrected chi connectivity index (χ3v) is 3.13. The summed E-state index contributed by atoms with van der Waals surface area (Å²) in [5.41, 5.74) is 7.47. The average molecular weight is 300 g/mol. The number of carbonyl (C=O) groups excluding carboxylic acids is 1. The van der Waals surface area contributed by atoms with Gasteiger partial charge in [-0.2, -0.15) is 0 Å². The third kappa shape index (κ3) is 4.49. The van der Waals surface area contributed by atoms with Gasteiger partial charge < -0.3 is 20.5 Å². The van der Waals surface area contributed by atoms with Crippen molar-refractivity contribution in [3.05, 3.63) is 54.1 Å². The zero-order chi connectivity index (χ0) is 15.9. The van der Waals surface area contributed by atoms with Gasteiger partial charge in [0.25, 0.3) is 5.91 Å². The van der Waals surface area contributed by atoms with Gasteiger partial charge in [-0.1, -0.05) is 18.2 Å². The first-order chi connectivity index (χ1) is 10.6. The van der Waals surface area contributed by atoms with Gasteiger partial charge in [-0.05, 0) is 36.8 Å². The molecular weight excluding hydrogens is 280 g/mol. The second-order valence-corrected chi connectivity index (χ2v) is 4.93. The van der Waals surface area contributed by atoms with Gasteiger partial charge in [-0.3, -0.25) is 4.79 Å². The highest BCUT2D eigenvalue weighted by Gasteiger charge is 2.05. The first-order valence-electron chi connectivity index (χ1n) is 7.00. The summed E-state index contributed by atoms with van der Waals surface area (Å²) < 4.78 is 10.6. The lowest BCUT2D eigenvalue weighted by Crippen LogP contribution is -2.20. The lowest BCUT2D eigenvalue weighted by Gasteiger charge is -2.10. The molecule has 0 aliphatic carbocycles. The van der Waals surface area contributed by atoms with Crippen LogP contribution in [0.25, 0.3) is 0 Å². The van der Waals surface area contributed by atoms with E-state index in [4.69, 9.17) is 15.2 Å². The number of anilines is 1. The van der Waals surface area contributed by atoms with Gasteiger partial charge in [-0.25, -0.2) is 0 Å². The Morgan fingerprint density at radius 1 is 1.18 bits per heavy atom. The van der Waals surface area contributed by atoms with Crippen molar-refractivity contribution in [1.29, 1.82) is 0 Å². The van der Waals surface area contributed by atoms with Gasteiger partial charge in [0.2, 0.25) is 0 Å². The summed E-state index contributed by atoms with van der Waals surface area (Å²) in [6.07, 6.45) is 0. The molecule has 0 saturated carbocycles. The number of hydrogen-bond donors (Lipinski definition) is 2. The normalized spacial score (nSPS) is 11.6. The molecule has 1 atom stereocenters. The lowest BCUT2D eigenvalue weighted by atomic mass is 10.1. The van der Waals surface area contributed by atoms with Gasteiger partial charge >= 0.3 is 0 Å². The van der Waals surface area contributed by atoms with Crippen molar-refractivity contribution < 1.29 is 14.3 Å². The van der Waals surface area contributed by atoms with E-state index in [2.05, 4.69) is 5.32 Å². The fraction of sp³-hybridized carbons (Fsp3) is 0.235. The number of benzene rings is 2. The van der Waals surface area contributed by atoms with E-state index in [9.17, 15) is 4.79 Å². The largest absolute Gasteiger partial charge is 0.497 e. The summed E-state index contributed by atoms with van der Waals surface area (Å²) in [6, 6.07) is 14.5. The van der Waals surface area contributed by atoms with Crippen LogP contribution in [0.5, 0.6) is 11.5 Å². The summed E-state index contributed by atoms with van der Waals surface area (Å²) >= 11 is 0. The molecule has 0 saturated heterocycles. The highest BCUT2D eigenvalue weighted by molar-refractivity contribution is 5.92. The number of carbonyl (C=O) groups is 1. The Morgan fingerprint density at radius 3 is 2.55 bits per heavy atom. The van der Waals surface area contributed by atoms with Crippen LogP contribution in [0.2, 0.25) is 0 Å². The maximum absolute atomic E-state index is 11.9. The molecule has 2 aromatic carbocycles. The second-order valence-electron chi connectivity index (χ2n) is 4.93. The maximum Gasteiger partial charge on any atom is 0.262 e. The van der Waals surface area contributed by atoms with Crippen LogP contribution in [-0.4, -0.2) is 19.6 Å².